The van der Waals surface area contributed by atoms with Gasteiger partial charge < -0.3 is 10.1 Å². The molecule has 1 heterocycles. The maximum atomic E-state index is 12.0. The predicted molar refractivity (Wildman–Crippen MR) is 112 cm³/mol. The fraction of sp³-hybridized carbons (Fsp3) is 0.200. The zero-order valence-electron chi connectivity index (χ0n) is 15.7. The number of ether oxygens (including phenoxy) is 1. The van der Waals surface area contributed by atoms with Gasteiger partial charge in [-0.15, -0.1) is 11.8 Å². The molecule has 1 aliphatic heterocycles. The van der Waals surface area contributed by atoms with Gasteiger partial charge in [-0.1, -0.05) is 15.9 Å². The second kappa shape index (κ2) is 8.79. The van der Waals surface area contributed by atoms with E-state index in [1.54, 1.807) is 0 Å². The molecule has 2 aromatic rings. The van der Waals surface area contributed by atoms with Gasteiger partial charge in [0.1, 0.15) is 0 Å². The van der Waals surface area contributed by atoms with E-state index in [2.05, 4.69) is 21.2 Å². The first-order chi connectivity index (χ1) is 13.8. The molecule has 1 N–H and O–H groups in total. The Hall–Kier alpha value is -2.65. The molecular weight excluding hydrogens is 460 g/mol. The molecule has 0 saturated carbocycles. The molecule has 0 saturated heterocycles. The number of esters is 1. The number of hydrogen-bond donors (Lipinski definition) is 1. The van der Waals surface area contributed by atoms with E-state index in [-0.39, 0.29) is 17.2 Å². The summed E-state index contributed by atoms with van der Waals surface area (Å²) in [4.78, 5) is 49.8. The summed E-state index contributed by atoms with van der Waals surface area (Å²) in [5.74, 6) is -1.77. The Morgan fingerprint density at radius 1 is 1.10 bits per heavy atom. The van der Waals surface area contributed by atoms with Crippen LogP contribution in [0, 0.1) is 6.92 Å². The van der Waals surface area contributed by atoms with Crippen LogP contribution in [0.5, 0.6) is 0 Å². The zero-order valence-corrected chi connectivity index (χ0v) is 18.1. The lowest BCUT2D eigenvalue weighted by atomic mass is 10.1. The highest BCUT2D eigenvalue weighted by Crippen LogP contribution is 2.26. The van der Waals surface area contributed by atoms with Crippen molar-refractivity contribution in [1.29, 1.82) is 0 Å². The Morgan fingerprint density at radius 3 is 2.55 bits per heavy atom. The molecule has 9 heteroatoms. The molecule has 0 atom stereocenters. The number of carbonyl (C=O) groups excluding carboxylic acids is 4. The van der Waals surface area contributed by atoms with Crippen LogP contribution in [0.1, 0.15) is 26.3 Å². The fourth-order valence-electron chi connectivity index (χ4n) is 2.74. The van der Waals surface area contributed by atoms with Crippen molar-refractivity contribution in [3.63, 3.8) is 0 Å². The highest BCUT2D eigenvalue weighted by molar-refractivity contribution is 9.10. The number of halogens is 1. The van der Waals surface area contributed by atoms with Crippen molar-refractivity contribution in [2.45, 2.75) is 11.8 Å². The van der Waals surface area contributed by atoms with E-state index in [1.807, 2.05) is 25.1 Å². The number of benzene rings is 2. The minimum absolute atomic E-state index is 0.0809. The number of nitrogens with one attached hydrogen (secondary N) is 1. The smallest absolute Gasteiger partial charge is 0.316 e. The van der Waals surface area contributed by atoms with Crippen LogP contribution in [0.15, 0.2) is 45.8 Å². The number of anilines is 1. The fourth-order valence-corrected chi connectivity index (χ4v) is 4.02. The van der Waals surface area contributed by atoms with Crippen molar-refractivity contribution in [3.05, 3.63) is 57.6 Å². The highest BCUT2D eigenvalue weighted by Gasteiger charge is 2.32. The predicted octanol–water partition coefficient (Wildman–Crippen LogP) is 3.26. The van der Waals surface area contributed by atoms with Crippen molar-refractivity contribution >= 4 is 57.1 Å². The number of rotatable bonds is 6. The lowest BCUT2D eigenvalue weighted by Crippen LogP contribution is -2.24. The molecule has 2 aromatic carbocycles. The van der Waals surface area contributed by atoms with Gasteiger partial charge in [0.25, 0.3) is 17.7 Å². The molecule has 29 heavy (non-hydrogen) atoms. The maximum absolute atomic E-state index is 12.0. The van der Waals surface area contributed by atoms with Crippen molar-refractivity contribution in [1.82, 2.24) is 4.90 Å². The summed E-state index contributed by atoms with van der Waals surface area (Å²) in [6, 6.07) is 10.2. The molecule has 0 aromatic heterocycles. The van der Waals surface area contributed by atoms with Crippen LogP contribution in [-0.4, -0.2) is 48.0 Å². The van der Waals surface area contributed by atoms with E-state index in [0.717, 1.165) is 19.8 Å². The van der Waals surface area contributed by atoms with Gasteiger partial charge in [0.2, 0.25) is 0 Å². The number of hydrogen-bond acceptors (Lipinski definition) is 6. The third-order valence-electron chi connectivity index (χ3n) is 4.22. The molecule has 0 radical (unpaired) electrons. The van der Waals surface area contributed by atoms with Gasteiger partial charge in [0.15, 0.2) is 6.61 Å². The Kier molecular flexibility index (Phi) is 6.39. The minimum atomic E-state index is -0.534. The lowest BCUT2D eigenvalue weighted by molar-refractivity contribution is -0.144. The average molecular weight is 477 g/mol. The summed E-state index contributed by atoms with van der Waals surface area (Å²) in [5.41, 5.74) is 1.90. The Morgan fingerprint density at radius 2 is 1.83 bits per heavy atom. The molecular formula is C20H17BrN2O5S. The number of fused-ring (bicyclic) bond motifs is 1. The molecule has 0 aliphatic carbocycles. The summed E-state index contributed by atoms with van der Waals surface area (Å²) in [7, 11) is 1.40. The monoisotopic (exact) mass is 476 g/mol. The average Bonchev–Trinajstić information content (AvgIpc) is 2.89. The van der Waals surface area contributed by atoms with Crippen LogP contribution >= 0.6 is 27.7 Å². The number of carbonyl (C=O) groups is 4. The number of thioether (sulfide) groups is 1. The minimum Gasteiger partial charge on any atom is -0.455 e. The summed E-state index contributed by atoms with van der Waals surface area (Å²) < 4.78 is 5.96. The summed E-state index contributed by atoms with van der Waals surface area (Å²) in [5, 5.41) is 2.56. The SMILES string of the molecule is Cc1cc(Br)ccc1SCC(=O)OCC(=O)Nc1ccc2c(c1)C(=O)N(C)C2=O. The zero-order chi connectivity index (χ0) is 21.1. The molecule has 7 nitrogen and oxygen atoms in total. The molecule has 1 aliphatic rings. The van der Waals surface area contributed by atoms with Crippen molar-refractivity contribution < 1.29 is 23.9 Å². The van der Waals surface area contributed by atoms with Gasteiger partial charge >= 0.3 is 5.97 Å². The molecule has 0 unspecified atom stereocenters. The molecule has 3 rings (SSSR count). The highest BCUT2D eigenvalue weighted by atomic mass is 79.9. The quantitative estimate of drug-likeness (QED) is 0.390. The third kappa shape index (κ3) is 4.86. The van der Waals surface area contributed by atoms with Crippen LogP contribution in [0.4, 0.5) is 5.69 Å². The second-order valence-electron chi connectivity index (χ2n) is 6.34. The third-order valence-corrected chi connectivity index (χ3v) is 5.86. The summed E-state index contributed by atoms with van der Waals surface area (Å²) >= 11 is 4.72. The van der Waals surface area contributed by atoms with Gasteiger partial charge in [-0.05, 0) is 48.9 Å². The van der Waals surface area contributed by atoms with E-state index in [4.69, 9.17) is 4.74 Å². The first-order valence-electron chi connectivity index (χ1n) is 8.57. The Bertz CT molecular complexity index is 1020. The number of aryl methyl sites for hydroxylation is 1. The summed E-state index contributed by atoms with van der Waals surface area (Å²) in [6.45, 7) is 1.50. The number of amides is 3. The van der Waals surface area contributed by atoms with Crippen LogP contribution in [0.2, 0.25) is 0 Å². The molecule has 3 amide bonds. The van der Waals surface area contributed by atoms with Crippen LogP contribution in [0.25, 0.3) is 0 Å². The van der Waals surface area contributed by atoms with E-state index >= 15 is 0 Å². The van der Waals surface area contributed by atoms with Gasteiger partial charge in [-0.2, -0.15) is 0 Å². The van der Waals surface area contributed by atoms with E-state index in [0.29, 0.717) is 11.3 Å². The first-order valence-corrected chi connectivity index (χ1v) is 10.3. The first kappa shape index (κ1) is 21.1. The normalized spacial score (nSPS) is 12.7. The standard InChI is InChI=1S/C20H17BrN2O5S/c1-11-7-12(21)3-6-16(11)29-10-18(25)28-9-17(24)22-13-4-5-14-15(8-13)20(27)23(2)19(14)26/h3-8H,9-10H2,1-2H3,(H,22,24). The lowest BCUT2D eigenvalue weighted by Gasteiger charge is -2.08. The van der Waals surface area contributed by atoms with Crippen molar-refractivity contribution in [3.8, 4) is 0 Å². The van der Waals surface area contributed by atoms with Gasteiger partial charge in [-0.3, -0.25) is 24.1 Å². The van der Waals surface area contributed by atoms with Gasteiger partial charge in [-0.25, -0.2) is 0 Å². The molecule has 0 bridgehead atoms. The number of nitrogens with zero attached hydrogens (tertiary/aromatic N) is 1. The van der Waals surface area contributed by atoms with Crippen molar-refractivity contribution in [2.24, 2.45) is 0 Å². The largest absolute Gasteiger partial charge is 0.455 e. The second-order valence-corrected chi connectivity index (χ2v) is 8.27. The summed E-state index contributed by atoms with van der Waals surface area (Å²) in [6.07, 6.45) is 0. The molecule has 150 valence electrons. The maximum Gasteiger partial charge on any atom is 0.316 e. The Labute approximate surface area is 179 Å². The van der Waals surface area contributed by atoms with E-state index in [9.17, 15) is 19.2 Å². The van der Waals surface area contributed by atoms with E-state index < -0.39 is 24.4 Å². The molecule has 0 spiro atoms. The molecule has 0 fully saturated rings. The van der Waals surface area contributed by atoms with Crippen LogP contribution in [0.3, 0.4) is 0 Å². The number of imide groups is 1. The van der Waals surface area contributed by atoms with Gasteiger partial charge in [0, 0.05) is 22.1 Å². The van der Waals surface area contributed by atoms with Crippen LogP contribution < -0.4 is 5.32 Å². The van der Waals surface area contributed by atoms with Gasteiger partial charge in [0.05, 0.1) is 16.9 Å². The topological polar surface area (TPSA) is 92.8 Å². The Balaban J connectivity index is 1.49. The van der Waals surface area contributed by atoms with Crippen molar-refractivity contribution in [2.75, 3.05) is 24.7 Å². The van der Waals surface area contributed by atoms with Crippen LogP contribution in [-0.2, 0) is 14.3 Å². The van der Waals surface area contributed by atoms with E-state index in [1.165, 1.54) is 37.0 Å².